The van der Waals surface area contributed by atoms with E-state index in [0.29, 0.717) is 0 Å². The Balaban J connectivity index is 2.73. The van der Waals surface area contributed by atoms with Crippen LogP contribution in [0.3, 0.4) is 0 Å². The molecule has 1 unspecified atom stereocenters. The monoisotopic (exact) mass is 164 g/mol. The van der Waals surface area contributed by atoms with Crippen LogP contribution in [0.1, 0.15) is 31.1 Å². The van der Waals surface area contributed by atoms with E-state index in [9.17, 15) is 0 Å². The zero-order valence-corrected chi connectivity index (χ0v) is 8.00. The first-order chi connectivity index (χ1) is 5.74. The molecule has 0 saturated heterocycles. The van der Waals surface area contributed by atoms with Crippen LogP contribution >= 0.6 is 0 Å². The molecule has 0 radical (unpaired) electrons. The fraction of sp³-hybridized carbons (Fsp3) is 0.455. The highest BCUT2D eigenvalue weighted by Gasteiger charge is 2.03. The van der Waals surface area contributed by atoms with E-state index in [1.54, 1.807) is 0 Å². The summed E-state index contributed by atoms with van der Waals surface area (Å²) in [7, 11) is 0. The van der Waals surface area contributed by atoms with Gasteiger partial charge < -0.3 is 4.74 Å². The number of hydrogen-bond donors (Lipinski definition) is 0. The van der Waals surface area contributed by atoms with Crippen LogP contribution < -0.4 is 0 Å². The van der Waals surface area contributed by atoms with Gasteiger partial charge in [0, 0.05) is 6.61 Å². The smallest absolute Gasteiger partial charge is 0.0796 e. The Morgan fingerprint density at radius 1 is 1.42 bits per heavy atom. The molecule has 0 N–H and O–H groups in total. The number of ether oxygens (including phenoxy) is 1. The zero-order valence-electron chi connectivity index (χ0n) is 8.00. The molecule has 0 bridgehead atoms. The summed E-state index contributed by atoms with van der Waals surface area (Å²) in [5, 5.41) is 0. The first-order valence-corrected chi connectivity index (χ1v) is 4.42. The summed E-state index contributed by atoms with van der Waals surface area (Å²) in [4.78, 5) is 0. The maximum Gasteiger partial charge on any atom is 0.0796 e. The topological polar surface area (TPSA) is 9.23 Å². The van der Waals surface area contributed by atoms with Crippen LogP contribution in [0.25, 0.3) is 0 Å². The van der Waals surface area contributed by atoms with Crippen molar-refractivity contribution in [3.05, 3.63) is 35.4 Å². The third-order valence-corrected chi connectivity index (χ3v) is 1.93. The van der Waals surface area contributed by atoms with Crippen LogP contribution in [-0.4, -0.2) is 6.61 Å². The quantitative estimate of drug-likeness (QED) is 0.667. The molecular formula is C11H16O. The highest BCUT2D eigenvalue weighted by atomic mass is 16.5. The summed E-state index contributed by atoms with van der Waals surface area (Å²) >= 11 is 0. The van der Waals surface area contributed by atoms with Crippen molar-refractivity contribution < 1.29 is 4.74 Å². The van der Waals surface area contributed by atoms with Crippen LogP contribution in [0.2, 0.25) is 0 Å². The van der Waals surface area contributed by atoms with Crippen molar-refractivity contribution >= 4 is 0 Å². The second kappa shape index (κ2) is 4.27. The first-order valence-electron chi connectivity index (χ1n) is 4.42. The van der Waals surface area contributed by atoms with Crippen molar-refractivity contribution in [1.82, 2.24) is 0 Å². The normalized spacial score (nSPS) is 12.9. The molecule has 0 saturated carbocycles. The zero-order chi connectivity index (χ0) is 8.97. The Kier molecular flexibility index (Phi) is 3.30. The fourth-order valence-corrected chi connectivity index (χ4v) is 1.27. The Hall–Kier alpha value is -0.820. The van der Waals surface area contributed by atoms with Crippen LogP contribution in [-0.2, 0) is 4.74 Å². The van der Waals surface area contributed by atoms with Crippen molar-refractivity contribution in [3.63, 3.8) is 0 Å². The number of rotatable bonds is 3. The summed E-state index contributed by atoms with van der Waals surface area (Å²) < 4.78 is 5.48. The Morgan fingerprint density at radius 3 is 2.75 bits per heavy atom. The minimum atomic E-state index is 0.217. The molecule has 0 fully saturated rings. The van der Waals surface area contributed by atoms with Gasteiger partial charge in [-0.15, -0.1) is 0 Å². The average Bonchev–Trinajstić information content (AvgIpc) is 2.05. The third kappa shape index (κ3) is 2.35. The highest BCUT2D eigenvalue weighted by molar-refractivity contribution is 5.23. The summed E-state index contributed by atoms with van der Waals surface area (Å²) in [6.07, 6.45) is 0.217. The Bertz CT molecular complexity index is 243. The second-order valence-electron chi connectivity index (χ2n) is 3.01. The van der Waals surface area contributed by atoms with Crippen molar-refractivity contribution in [2.45, 2.75) is 26.9 Å². The van der Waals surface area contributed by atoms with Gasteiger partial charge in [-0.2, -0.15) is 0 Å². The molecule has 1 atom stereocenters. The predicted molar refractivity (Wildman–Crippen MR) is 51.2 cm³/mol. The van der Waals surface area contributed by atoms with Crippen LogP contribution in [0, 0.1) is 6.92 Å². The van der Waals surface area contributed by atoms with Crippen molar-refractivity contribution in [2.75, 3.05) is 6.61 Å². The second-order valence-corrected chi connectivity index (χ2v) is 3.01. The lowest BCUT2D eigenvalue weighted by Gasteiger charge is -2.11. The standard InChI is InChI=1S/C11H16O/c1-4-12-10(3)11-7-5-6-9(2)8-11/h5-8,10H,4H2,1-3H3. The average molecular weight is 164 g/mol. The Labute approximate surface area is 74.4 Å². The van der Waals surface area contributed by atoms with Crippen LogP contribution in [0.4, 0.5) is 0 Å². The van der Waals surface area contributed by atoms with Gasteiger partial charge in [0.25, 0.3) is 0 Å². The molecule has 1 aromatic rings. The molecule has 0 heterocycles. The molecule has 0 aliphatic carbocycles. The molecule has 0 spiro atoms. The van der Waals surface area contributed by atoms with Crippen LogP contribution in [0.15, 0.2) is 24.3 Å². The summed E-state index contributed by atoms with van der Waals surface area (Å²) in [6, 6.07) is 8.44. The SMILES string of the molecule is CCOC(C)c1cccc(C)c1. The van der Waals surface area contributed by atoms with E-state index in [1.165, 1.54) is 11.1 Å². The van der Waals surface area contributed by atoms with Crippen molar-refractivity contribution in [3.8, 4) is 0 Å². The van der Waals surface area contributed by atoms with Gasteiger partial charge >= 0.3 is 0 Å². The van der Waals surface area contributed by atoms with Gasteiger partial charge in [-0.3, -0.25) is 0 Å². The maximum atomic E-state index is 5.48. The molecule has 12 heavy (non-hydrogen) atoms. The van der Waals surface area contributed by atoms with Crippen LogP contribution in [0.5, 0.6) is 0 Å². The first kappa shape index (κ1) is 9.27. The van der Waals surface area contributed by atoms with E-state index in [0.717, 1.165) is 6.61 Å². The van der Waals surface area contributed by atoms with Gasteiger partial charge in [-0.25, -0.2) is 0 Å². The van der Waals surface area contributed by atoms with E-state index in [4.69, 9.17) is 4.74 Å². The molecule has 0 amide bonds. The Morgan fingerprint density at radius 2 is 2.17 bits per heavy atom. The molecule has 66 valence electrons. The number of hydrogen-bond acceptors (Lipinski definition) is 1. The minimum absolute atomic E-state index is 0.217. The highest BCUT2D eigenvalue weighted by Crippen LogP contribution is 2.16. The van der Waals surface area contributed by atoms with Crippen molar-refractivity contribution in [1.29, 1.82) is 0 Å². The lowest BCUT2D eigenvalue weighted by molar-refractivity contribution is 0.0764. The molecule has 1 nitrogen and oxygen atoms in total. The van der Waals surface area contributed by atoms with Gasteiger partial charge in [-0.1, -0.05) is 29.8 Å². The van der Waals surface area contributed by atoms with Gasteiger partial charge in [0.15, 0.2) is 0 Å². The van der Waals surface area contributed by atoms with Crippen molar-refractivity contribution in [2.24, 2.45) is 0 Å². The molecule has 1 heteroatoms. The largest absolute Gasteiger partial charge is 0.374 e. The molecular weight excluding hydrogens is 148 g/mol. The predicted octanol–water partition coefficient (Wildman–Crippen LogP) is 3.09. The van der Waals surface area contributed by atoms with E-state index in [2.05, 4.69) is 38.1 Å². The minimum Gasteiger partial charge on any atom is -0.374 e. The third-order valence-electron chi connectivity index (χ3n) is 1.93. The van der Waals surface area contributed by atoms with E-state index in [1.807, 2.05) is 6.92 Å². The molecule has 0 aliphatic heterocycles. The molecule has 1 aromatic carbocycles. The van der Waals surface area contributed by atoms with Gasteiger partial charge in [0.1, 0.15) is 0 Å². The van der Waals surface area contributed by atoms with Gasteiger partial charge in [0.05, 0.1) is 6.10 Å². The molecule has 1 rings (SSSR count). The van der Waals surface area contributed by atoms with Gasteiger partial charge in [-0.05, 0) is 26.3 Å². The summed E-state index contributed by atoms with van der Waals surface area (Å²) in [5.74, 6) is 0. The van der Waals surface area contributed by atoms with E-state index >= 15 is 0 Å². The number of benzene rings is 1. The summed E-state index contributed by atoms with van der Waals surface area (Å²) in [6.45, 7) is 6.97. The maximum absolute atomic E-state index is 5.48. The molecule has 0 aromatic heterocycles. The number of aryl methyl sites for hydroxylation is 1. The van der Waals surface area contributed by atoms with E-state index in [-0.39, 0.29) is 6.10 Å². The lowest BCUT2D eigenvalue weighted by atomic mass is 10.1. The fourth-order valence-electron chi connectivity index (χ4n) is 1.27. The van der Waals surface area contributed by atoms with E-state index < -0.39 is 0 Å². The summed E-state index contributed by atoms with van der Waals surface area (Å²) in [5.41, 5.74) is 2.55. The molecule has 0 aliphatic rings. The van der Waals surface area contributed by atoms with Gasteiger partial charge in [0.2, 0.25) is 0 Å². The lowest BCUT2D eigenvalue weighted by Crippen LogP contribution is -1.99.